The number of ketones is 1. The van der Waals surface area contributed by atoms with Crippen LogP contribution in [-0.4, -0.2) is 132 Å². The Bertz CT molecular complexity index is 1540. The second-order valence-electron chi connectivity index (χ2n) is 18.7. The molecule has 4 rings (SSSR count). The Morgan fingerprint density at radius 2 is 1.66 bits per heavy atom. The van der Waals surface area contributed by atoms with Crippen molar-refractivity contribution in [2.45, 2.75) is 193 Å². The van der Waals surface area contributed by atoms with E-state index >= 15 is 0 Å². The summed E-state index contributed by atoms with van der Waals surface area (Å²) >= 11 is 0. The number of ether oxygens (including phenoxy) is 5. The van der Waals surface area contributed by atoms with E-state index < -0.39 is 78.1 Å². The van der Waals surface area contributed by atoms with E-state index in [-0.39, 0.29) is 61.5 Å². The topological polar surface area (TPSA) is 190 Å². The van der Waals surface area contributed by atoms with Crippen LogP contribution in [0.3, 0.4) is 0 Å². The number of amides is 2. The Morgan fingerprint density at radius 3 is 2.30 bits per heavy atom. The van der Waals surface area contributed by atoms with Crippen LogP contribution in [0.15, 0.2) is 23.3 Å². The Morgan fingerprint density at radius 1 is 0.967 bits per heavy atom. The summed E-state index contributed by atoms with van der Waals surface area (Å²) < 4.78 is 30.8. The van der Waals surface area contributed by atoms with Gasteiger partial charge in [-0.3, -0.25) is 14.4 Å². The fourth-order valence-electron chi connectivity index (χ4n) is 10.2. The Hall–Kier alpha value is -2.72. The molecule has 3 aliphatic heterocycles. The number of hydrogen-bond donors (Lipinski definition) is 4. The Labute approximate surface area is 364 Å². The molecule has 2 saturated heterocycles. The first-order chi connectivity index (χ1) is 28.9. The van der Waals surface area contributed by atoms with Crippen molar-refractivity contribution < 1.29 is 58.2 Å². The van der Waals surface area contributed by atoms with Crippen molar-refractivity contribution in [2.75, 3.05) is 27.4 Å². The Balaban J connectivity index is 1.75. The number of cyclic esters (lactones) is 1. The molecule has 0 aromatic rings. The third-order valence-electron chi connectivity index (χ3n) is 13.7. The molecule has 0 spiro atoms. The van der Waals surface area contributed by atoms with Gasteiger partial charge in [0.25, 0.3) is 5.91 Å². The number of esters is 1. The molecule has 0 aromatic carbocycles. The highest BCUT2D eigenvalue weighted by Crippen LogP contribution is 2.40. The summed E-state index contributed by atoms with van der Waals surface area (Å²) in [6.07, 6.45) is 3.94. The van der Waals surface area contributed by atoms with Crippen molar-refractivity contribution in [3.05, 3.63) is 23.3 Å². The molecular weight excluding hydrogens is 785 g/mol. The van der Waals surface area contributed by atoms with E-state index in [4.69, 9.17) is 23.7 Å². The van der Waals surface area contributed by atoms with E-state index in [1.54, 1.807) is 28.1 Å². The van der Waals surface area contributed by atoms with Crippen LogP contribution in [0.1, 0.15) is 132 Å². The van der Waals surface area contributed by atoms with Crippen LogP contribution in [0.2, 0.25) is 0 Å². The molecular formula is C47H78N2O12. The van der Waals surface area contributed by atoms with Crippen LogP contribution in [0.5, 0.6) is 0 Å². The molecule has 14 heteroatoms. The highest BCUT2D eigenvalue weighted by atomic mass is 16.7. The first kappa shape index (κ1) is 50.9. The van der Waals surface area contributed by atoms with Crippen LogP contribution in [0.4, 0.5) is 0 Å². The predicted molar refractivity (Wildman–Crippen MR) is 230 cm³/mol. The molecule has 3 heterocycles. The summed E-state index contributed by atoms with van der Waals surface area (Å²) in [5.41, 5.74) is 1.70. The minimum absolute atomic E-state index is 0.0158. The lowest BCUT2D eigenvalue weighted by atomic mass is 9.80. The SMILES string of the molecule is CCCOC1CC(C=C(C)C2OC(=O)C3CCCCN3C(=O)C(O)C3(O)OC(C(OC)CC(C)CC(C)=CC(CC)C(=O)CC(O)C2C)C(OC)CC3C)CCC1NC(C)=O. The van der Waals surface area contributed by atoms with Gasteiger partial charge in [0.15, 0.2) is 6.10 Å². The summed E-state index contributed by atoms with van der Waals surface area (Å²) in [5, 5.41) is 38.9. The first-order valence-corrected chi connectivity index (χ1v) is 23.0. The second-order valence-corrected chi connectivity index (χ2v) is 18.7. The van der Waals surface area contributed by atoms with Gasteiger partial charge in [-0.25, -0.2) is 4.79 Å². The molecule has 15 unspecified atom stereocenters. The quantitative estimate of drug-likeness (QED) is 0.176. The van der Waals surface area contributed by atoms with Gasteiger partial charge in [-0.05, 0) is 102 Å². The first-order valence-electron chi connectivity index (χ1n) is 23.0. The molecule has 348 valence electrons. The van der Waals surface area contributed by atoms with Gasteiger partial charge in [0.1, 0.15) is 24.0 Å². The zero-order valence-electron chi connectivity index (χ0n) is 38.6. The van der Waals surface area contributed by atoms with Crippen LogP contribution in [-0.2, 0) is 42.9 Å². The number of carbonyl (C=O) groups excluding carboxylic acids is 4. The molecule has 2 amide bonds. The minimum atomic E-state index is -2.32. The van der Waals surface area contributed by atoms with Crippen LogP contribution in [0, 0.1) is 29.6 Å². The number of carbonyl (C=O) groups is 4. The van der Waals surface area contributed by atoms with Gasteiger partial charge in [0.2, 0.25) is 11.7 Å². The number of allylic oxidation sites excluding steroid dienone is 3. The summed E-state index contributed by atoms with van der Waals surface area (Å²) in [6, 6.07) is -1.21. The normalized spacial score (nSPS) is 39.4. The number of fused-ring (bicyclic) bond motifs is 3. The number of rotatable bonds is 9. The Kier molecular flexibility index (Phi) is 19.4. The molecule has 3 fully saturated rings. The molecule has 61 heavy (non-hydrogen) atoms. The average molecular weight is 863 g/mol. The maximum absolute atomic E-state index is 14.5. The predicted octanol–water partition coefficient (Wildman–Crippen LogP) is 5.19. The van der Waals surface area contributed by atoms with Crippen molar-refractivity contribution in [3.8, 4) is 0 Å². The molecule has 1 saturated carbocycles. The van der Waals surface area contributed by atoms with Gasteiger partial charge in [-0.15, -0.1) is 0 Å². The average Bonchev–Trinajstić information content (AvgIpc) is 3.23. The third-order valence-corrected chi connectivity index (χ3v) is 13.7. The molecule has 0 aromatic heterocycles. The van der Waals surface area contributed by atoms with E-state index in [9.17, 15) is 34.5 Å². The summed E-state index contributed by atoms with van der Waals surface area (Å²) in [5.74, 6) is -5.90. The molecule has 4 aliphatic rings. The van der Waals surface area contributed by atoms with Crippen molar-refractivity contribution in [3.63, 3.8) is 0 Å². The maximum Gasteiger partial charge on any atom is 0.329 e. The van der Waals surface area contributed by atoms with Gasteiger partial charge in [-0.1, -0.05) is 52.3 Å². The summed E-state index contributed by atoms with van der Waals surface area (Å²) in [6.45, 7) is 15.6. The molecule has 0 radical (unpaired) electrons. The number of nitrogens with one attached hydrogen (secondary N) is 1. The summed E-state index contributed by atoms with van der Waals surface area (Å²) in [7, 11) is 3.11. The van der Waals surface area contributed by atoms with Gasteiger partial charge in [0.05, 0.1) is 30.5 Å². The maximum atomic E-state index is 14.5. The van der Waals surface area contributed by atoms with Crippen molar-refractivity contribution >= 4 is 23.6 Å². The number of nitrogens with zero attached hydrogens (tertiary/aromatic N) is 1. The third kappa shape index (κ3) is 12.9. The second kappa shape index (κ2) is 23.3. The highest BCUT2D eigenvalue weighted by molar-refractivity contribution is 5.88. The lowest BCUT2D eigenvalue weighted by molar-refractivity contribution is -0.346. The molecule has 1 aliphatic carbocycles. The monoisotopic (exact) mass is 863 g/mol. The van der Waals surface area contributed by atoms with Crippen molar-refractivity contribution in [2.24, 2.45) is 29.6 Å². The molecule has 15 atom stereocenters. The zero-order chi connectivity index (χ0) is 45.2. The van der Waals surface area contributed by atoms with Crippen molar-refractivity contribution in [1.29, 1.82) is 0 Å². The van der Waals surface area contributed by atoms with E-state index in [0.717, 1.165) is 18.4 Å². The largest absolute Gasteiger partial charge is 0.456 e. The lowest BCUT2D eigenvalue weighted by Crippen LogP contribution is -2.66. The molecule has 4 N–H and O–H groups in total. The number of methoxy groups -OCH3 is 2. The van der Waals surface area contributed by atoms with Gasteiger partial charge >= 0.3 is 5.97 Å². The smallest absolute Gasteiger partial charge is 0.329 e. The van der Waals surface area contributed by atoms with E-state index in [2.05, 4.69) is 18.3 Å². The summed E-state index contributed by atoms with van der Waals surface area (Å²) in [4.78, 5) is 56.1. The minimum Gasteiger partial charge on any atom is -0.456 e. The number of hydrogen-bond acceptors (Lipinski definition) is 12. The van der Waals surface area contributed by atoms with Gasteiger partial charge in [0, 0.05) is 58.5 Å². The standard InChI is InChI=1S/C47H78N2O12/c1-11-19-59-39-25-33(16-17-35(39)48-32(8)50)23-29(5)42-31(7)37(51)26-38(52)34(12-2)21-27(3)20-28(4)22-40(57-9)43-41(58-10)24-30(6)47(56,61-43)44(53)45(54)49-18-14-13-15-36(49)46(55)60-42/h21,23,28,30-31,33-37,39-44,51,53,56H,11-20,22,24-26H2,1-10H3,(H,48,50). The number of Topliss-reactive ketones (excluding diaryl/α,β-unsaturated/α-hetero) is 1. The molecule has 2 bridgehead atoms. The lowest BCUT2D eigenvalue weighted by Gasteiger charge is -2.49. The van der Waals surface area contributed by atoms with Crippen molar-refractivity contribution in [1.82, 2.24) is 10.2 Å². The number of aliphatic hydroxyl groups excluding tert-OH is 2. The van der Waals surface area contributed by atoms with Gasteiger partial charge < -0.3 is 49.2 Å². The van der Waals surface area contributed by atoms with Crippen LogP contribution >= 0.6 is 0 Å². The zero-order valence-corrected chi connectivity index (χ0v) is 38.6. The van der Waals surface area contributed by atoms with E-state index in [1.165, 1.54) is 11.8 Å². The highest BCUT2D eigenvalue weighted by Gasteiger charge is 2.56. The van der Waals surface area contributed by atoms with E-state index in [0.29, 0.717) is 57.1 Å². The fraction of sp³-hybridized carbons (Fsp3) is 0.830. The van der Waals surface area contributed by atoms with Gasteiger partial charge in [-0.2, -0.15) is 0 Å². The van der Waals surface area contributed by atoms with E-state index in [1.807, 2.05) is 33.8 Å². The fourth-order valence-corrected chi connectivity index (χ4v) is 10.2. The van der Waals surface area contributed by atoms with Crippen LogP contribution in [0.25, 0.3) is 0 Å². The number of piperidine rings is 1. The number of aliphatic hydroxyl groups is 3. The molecule has 14 nitrogen and oxygen atoms in total. The van der Waals surface area contributed by atoms with Crippen LogP contribution < -0.4 is 5.32 Å².